The Balaban J connectivity index is 1.72. The first-order valence-electron chi connectivity index (χ1n) is 7.34. The van der Waals surface area contributed by atoms with Gasteiger partial charge in [0.1, 0.15) is 0 Å². The van der Waals surface area contributed by atoms with Crippen LogP contribution in [-0.2, 0) is 16.0 Å². The number of carbonyl (C=O) groups excluding carboxylic acids is 1. The quantitative estimate of drug-likeness (QED) is 0.810. The van der Waals surface area contributed by atoms with Gasteiger partial charge >= 0.3 is 0 Å². The zero-order chi connectivity index (χ0) is 14.5. The van der Waals surface area contributed by atoms with E-state index in [1.807, 2.05) is 25.8 Å². The van der Waals surface area contributed by atoms with Gasteiger partial charge in [-0.2, -0.15) is 0 Å². The fourth-order valence-electron chi connectivity index (χ4n) is 2.57. The molecule has 1 aliphatic heterocycles. The van der Waals surface area contributed by atoms with Crippen molar-refractivity contribution in [2.24, 2.45) is 0 Å². The Hall–Kier alpha value is -0.940. The minimum Gasteiger partial charge on any atom is -0.378 e. The first-order valence-corrected chi connectivity index (χ1v) is 8.16. The summed E-state index contributed by atoms with van der Waals surface area (Å²) in [6.45, 7) is 5.73. The highest BCUT2D eigenvalue weighted by atomic mass is 32.1. The molecule has 2 rings (SSSR count). The molecule has 20 heavy (non-hydrogen) atoms. The van der Waals surface area contributed by atoms with E-state index in [-0.39, 0.29) is 5.91 Å². The maximum Gasteiger partial charge on any atom is 0.228 e. The van der Waals surface area contributed by atoms with Crippen molar-refractivity contribution in [2.75, 3.05) is 20.2 Å². The number of hydrogen-bond donors (Lipinski definition) is 0. The van der Waals surface area contributed by atoms with Crippen molar-refractivity contribution >= 4 is 17.2 Å². The van der Waals surface area contributed by atoms with Crippen LogP contribution in [-0.4, -0.2) is 42.1 Å². The molecule has 1 saturated heterocycles. The van der Waals surface area contributed by atoms with E-state index in [2.05, 4.69) is 4.98 Å². The van der Waals surface area contributed by atoms with Crippen LogP contribution in [0.15, 0.2) is 0 Å². The van der Waals surface area contributed by atoms with Crippen LogP contribution < -0.4 is 0 Å². The molecule has 4 nitrogen and oxygen atoms in total. The monoisotopic (exact) mass is 296 g/mol. The maximum absolute atomic E-state index is 12.2. The van der Waals surface area contributed by atoms with E-state index >= 15 is 0 Å². The second-order valence-corrected chi connectivity index (χ2v) is 6.91. The summed E-state index contributed by atoms with van der Waals surface area (Å²) in [6.07, 6.45) is 5.28. The van der Waals surface area contributed by atoms with Crippen molar-refractivity contribution < 1.29 is 9.53 Å². The largest absolute Gasteiger partial charge is 0.378 e. The van der Waals surface area contributed by atoms with E-state index in [0.29, 0.717) is 12.5 Å². The van der Waals surface area contributed by atoms with Crippen LogP contribution in [0.5, 0.6) is 0 Å². The Bertz CT molecular complexity index is 453. The van der Waals surface area contributed by atoms with Crippen molar-refractivity contribution in [2.45, 2.75) is 52.1 Å². The summed E-state index contributed by atoms with van der Waals surface area (Å²) in [5.74, 6) is 0.158. The topological polar surface area (TPSA) is 42.4 Å². The summed E-state index contributed by atoms with van der Waals surface area (Å²) in [4.78, 5) is 19.6. The summed E-state index contributed by atoms with van der Waals surface area (Å²) < 4.78 is 5.60. The van der Waals surface area contributed by atoms with E-state index < -0.39 is 0 Å². The van der Waals surface area contributed by atoms with Gasteiger partial charge in [-0.15, -0.1) is 11.3 Å². The van der Waals surface area contributed by atoms with Crippen molar-refractivity contribution in [3.63, 3.8) is 0 Å². The van der Waals surface area contributed by atoms with Gasteiger partial charge in [0, 0.05) is 25.1 Å². The molecule has 1 amide bonds. The number of carbonyl (C=O) groups is 1. The summed E-state index contributed by atoms with van der Waals surface area (Å²) in [5, 5.41) is 1.03. The number of ether oxygens (including phenoxy) is 1. The first-order chi connectivity index (χ1) is 9.56. The molecular weight excluding hydrogens is 272 g/mol. The third-order valence-electron chi connectivity index (χ3n) is 3.79. The maximum atomic E-state index is 12.2. The van der Waals surface area contributed by atoms with Crippen molar-refractivity contribution in [3.8, 4) is 0 Å². The molecule has 112 valence electrons. The Kier molecular flexibility index (Phi) is 5.54. The van der Waals surface area contributed by atoms with Gasteiger partial charge in [0.15, 0.2) is 0 Å². The number of likely N-dealkylation sites (N-methyl/N-ethyl adjacent to an activating group) is 1. The minimum absolute atomic E-state index is 0.158. The molecule has 1 aliphatic rings. The summed E-state index contributed by atoms with van der Waals surface area (Å²) >= 11 is 1.66. The second-order valence-electron chi connectivity index (χ2n) is 5.51. The smallest absolute Gasteiger partial charge is 0.228 e. The third-order valence-corrected chi connectivity index (χ3v) is 4.72. The SMILES string of the molecule is Cc1nc(CC(=O)N(C)CCC[C@@H]2CCCO2)c(C)s1. The lowest BCUT2D eigenvalue weighted by Crippen LogP contribution is -2.30. The molecule has 0 unspecified atom stereocenters. The van der Waals surface area contributed by atoms with Gasteiger partial charge in [0.2, 0.25) is 5.91 Å². The summed E-state index contributed by atoms with van der Waals surface area (Å²) in [5.41, 5.74) is 0.934. The Labute approximate surface area is 125 Å². The predicted octanol–water partition coefficient (Wildman–Crippen LogP) is 2.72. The lowest BCUT2D eigenvalue weighted by atomic mass is 10.1. The van der Waals surface area contributed by atoms with Gasteiger partial charge in [-0.3, -0.25) is 4.79 Å². The van der Waals surface area contributed by atoms with Gasteiger partial charge < -0.3 is 9.64 Å². The fourth-order valence-corrected chi connectivity index (χ4v) is 3.40. The third kappa shape index (κ3) is 4.28. The molecule has 5 heteroatoms. The van der Waals surface area contributed by atoms with Crippen molar-refractivity contribution in [1.82, 2.24) is 9.88 Å². The molecule has 0 spiro atoms. The first kappa shape index (κ1) is 15.4. The number of thiazole rings is 1. The molecule has 2 heterocycles. The van der Waals surface area contributed by atoms with Gasteiger partial charge in [-0.05, 0) is 39.5 Å². The molecule has 1 aromatic rings. The zero-order valence-electron chi connectivity index (χ0n) is 12.6. The lowest BCUT2D eigenvalue weighted by Gasteiger charge is -2.18. The Morgan fingerprint density at radius 1 is 1.50 bits per heavy atom. The van der Waals surface area contributed by atoms with E-state index in [4.69, 9.17) is 4.74 Å². The second kappa shape index (κ2) is 7.18. The standard InChI is InChI=1S/C15H24N2O2S/c1-11-14(16-12(2)20-11)10-15(18)17(3)8-4-6-13-7-5-9-19-13/h13H,4-10H2,1-3H3/t13-/m1/s1. The predicted molar refractivity (Wildman–Crippen MR) is 81.1 cm³/mol. The number of rotatable bonds is 6. The van der Waals surface area contributed by atoms with Crippen LogP contribution in [0.1, 0.15) is 41.3 Å². The number of aromatic nitrogens is 1. The van der Waals surface area contributed by atoms with E-state index in [1.54, 1.807) is 11.3 Å². The van der Waals surface area contributed by atoms with Crippen LogP contribution >= 0.6 is 11.3 Å². The Morgan fingerprint density at radius 3 is 2.90 bits per heavy atom. The molecule has 1 aromatic heterocycles. The lowest BCUT2D eigenvalue weighted by molar-refractivity contribution is -0.129. The Morgan fingerprint density at radius 2 is 2.30 bits per heavy atom. The molecule has 0 saturated carbocycles. The number of nitrogens with zero attached hydrogens (tertiary/aromatic N) is 2. The minimum atomic E-state index is 0.158. The van der Waals surface area contributed by atoms with E-state index in [1.165, 1.54) is 12.8 Å². The molecule has 0 aromatic carbocycles. The van der Waals surface area contributed by atoms with Crippen LogP contribution in [0.3, 0.4) is 0 Å². The van der Waals surface area contributed by atoms with Crippen molar-refractivity contribution in [3.05, 3.63) is 15.6 Å². The molecule has 0 N–H and O–H groups in total. The van der Waals surface area contributed by atoms with E-state index in [9.17, 15) is 4.79 Å². The van der Waals surface area contributed by atoms with E-state index in [0.717, 1.165) is 41.6 Å². The fraction of sp³-hybridized carbons (Fsp3) is 0.733. The zero-order valence-corrected chi connectivity index (χ0v) is 13.5. The number of amides is 1. The average molecular weight is 296 g/mol. The van der Waals surface area contributed by atoms with Crippen LogP contribution in [0, 0.1) is 13.8 Å². The van der Waals surface area contributed by atoms with Gasteiger partial charge in [-0.25, -0.2) is 4.98 Å². The van der Waals surface area contributed by atoms with Gasteiger partial charge in [0.05, 0.1) is 23.2 Å². The van der Waals surface area contributed by atoms with Crippen LogP contribution in [0.2, 0.25) is 0 Å². The molecule has 0 radical (unpaired) electrons. The highest BCUT2D eigenvalue weighted by molar-refractivity contribution is 7.11. The van der Waals surface area contributed by atoms with Crippen LogP contribution in [0.25, 0.3) is 0 Å². The molecule has 0 aliphatic carbocycles. The molecule has 1 atom stereocenters. The van der Waals surface area contributed by atoms with Crippen LogP contribution in [0.4, 0.5) is 0 Å². The van der Waals surface area contributed by atoms with Gasteiger partial charge in [-0.1, -0.05) is 0 Å². The highest BCUT2D eigenvalue weighted by Gasteiger charge is 2.17. The molecular formula is C15H24N2O2S. The van der Waals surface area contributed by atoms with Crippen molar-refractivity contribution in [1.29, 1.82) is 0 Å². The summed E-state index contributed by atoms with van der Waals surface area (Å²) in [6, 6.07) is 0. The average Bonchev–Trinajstić information content (AvgIpc) is 3.00. The van der Waals surface area contributed by atoms with Gasteiger partial charge in [0.25, 0.3) is 0 Å². The highest BCUT2D eigenvalue weighted by Crippen LogP contribution is 2.18. The number of hydrogen-bond acceptors (Lipinski definition) is 4. The molecule has 0 bridgehead atoms. The molecule has 1 fully saturated rings. The normalized spacial score (nSPS) is 18.4. The summed E-state index contributed by atoms with van der Waals surface area (Å²) in [7, 11) is 1.88. The number of aryl methyl sites for hydroxylation is 2.